The zero-order valence-corrected chi connectivity index (χ0v) is 28.3. The Kier molecular flexibility index (Phi) is 12.2. The van der Waals surface area contributed by atoms with E-state index in [-0.39, 0.29) is 51.2 Å². The maximum Gasteiger partial charge on any atom is 0.416 e. The monoisotopic (exact) mass is 720 g/mol. The van der Waals surface area contributed by atoms with Gasteiger partial charge in [0, 0.05) is 49.2 Å². The Labute approximate surface area is 291 Å². The van der Waals surface area contributed by atoms with Crippen LogP contribution >= 0.6 is 35.4 Å². The molecule has 0 bridgehead atoms. The third kappa shape index (κ3) is 9.10. The molecule has 4 aromatic rings. The van der Waals surface area contributed by atoms with E-state index in [4.69, 9.17) is 41.2 Å². The van der Waals surface area contributed by atoms with E-state index in [1.165, 1.54) is 29.2 Å². The van der Waals surface area contributed by atoms with Crippen molar-refractivity contribution >= 4 is 57.7 Å². The number of carbonyl (C=O) groups is 1. The number of nitro groups is 1. The van der Waals surface area contributed by atoms with Crippen molar-refractivity contribution < 1.29 is 22.9 Å². The number of nitrogens with zero attached hydrogens (tertiary/aromatic N) is 4. The van der Waals surface area contributed by atoms with E-state index in [2.05, 4.69) is 10.3 Å². The van der Waals surface area contributed by atoms with Gasteiger partial charge >= 0.3 is 6.18 Å². The molecule has 0 saturated carbocycles. The van der Waals surface area contributed by atoms with Crippen LogP contribution in [-0.4, -0.2) is 36.4 Å². The van der Waals surface area contributed by atoms with Gasteiger partial charge in [0.2, 0.25) is 0 Å². The lowest BCUT2D eigenvalue weighted by molar-refractivity contribution is -0.384. The lowest BCUT2D eigenvalue weighted by Crippen LogP contribution is -2.55. The standard InChI is InChI=1S/C33H33Cl2F3N6O3S/c1-3-20(2)29(28(45)15-26-16-40-19-42(26)17-21-10-12-25(13-11-21)44(46)47)31(39)43(18-22-6-4-9-27(34)30(22)35)32(48)41-24-8-5-7-23(14-24)33(36,37)38/h4-14,16,19-20,29,31H,3,15,17-18,39H2,1-2H3,(H,41,48)/t20-,29+,31?/m0/s1. The second-order valence-electron chi connectivity index (χ2n) is 11.3. The number of hydrogen-bond donors (Lipinski definition) is 2. The van der Waals surface area contributed by atoms with Gasteiger partial charge in [-0.3, -0.25) is 14.9 Å². The molecule has 3 atom stereocenters. The first-order chi connectivity index (χ1) is 22.7. The smallest absolute Gasteiger partial charge is 0.333 e. The molecular weight excluding hydrogens is 688 g/mol. The van der Waals surface area contributed by atoms with Crippen LogP contribution in [0.5, 0.6) is 0 Å². The third-order valence-electron chi connectivity index (χ3n) is 8.08. The minimum atomic E-state index is -4.57. The molecule has 3 N–H and O–H groups in total. The number of nitrogens with one attached hydrogen (secondary N) is 1. The van der Waals surface area contributed by atoms with Crippen molar-refractivity contribution in [3.05, 3.63) is 122 Å². The molecule has 254 valence electrons. The van der Waals surface area contributed by atoms with Crippen LogP contribution in [0.25, 0.3) is 0 Å². The number of non-ortho nitro benzene ring substituents is 1. The van der Waals surface area contributed by atoms with Gasteiger partial charge in [-0.2, -0.15) is 13.2 Å². The number of thiocarbonyl (C=S) groups is 1. The van der Waals surface area contributed by atoms with Crippen molar-refractivity contribution in [2.45, 2.75) is 52.1 Å². The number of nitro benzene ring substituents is 1. The molecule has 4 rings (SSSR count). The molecule has 0 saturated heterocycles. The number of benzene rings is 3. The topological polar surface area (TPSA) is 119 Å². The summed E-state index contributed by atoms with van der Waals surface area (Å²) in [4.78, 5) is 30.5. The molecular formula is C33H33Cl2F3N6O3S. The van der Waals surface area contributed by atoms with Crippen molar-refractivity contribution in [1.29, 1.82) is 0 Å². The summed E-state index contributed by atoms with van der Waals surface area (Å²) >= 11 is 18.5. The van der Waals surface area contributed by atoms with Gasteiger partial charge in [-0.05, 0) is 53.5 Å². The highest BCUT2D eigenvalue weighted by Gasteiger charge is 2.36. The Morgan fingerprint density at radius 3 is 2.48 bits per heavy atom. The van der Waals surface area contributed by atoms with Gasteiger partial charge in [0.05, 0.1) is 38.9 Å². The molecule has 15 heteroatoms. The van der Waals surface area contributed by atoms with Gasteiger partial charge < -0.3 is 20.5 Å². The molecule has 0 spiro atoms. The van der Waals surface area contributed by atoms with Crippen molar-refractivity contribution in [2.24, 2.45) is 17.6 Å². The molecule has 3 aromatic carbocycles. The minimum Gasteiger partial charge on any atom is -0.333 e. The van der Waals surface area contributed by atoms with Gasteiger partial charge in [0.25, 0.3) is 5.69 Å². The summed E-state index contributed by atoms with van der Waals surface area (Å²) in [7, 11) is 0. The number of rotatable bonds is 13. The molecule has 0 aliphatic rings. The molecule has 1 heterocycles. The number of alkyl halides is 3. The van der Waals surface area contributed by atoms with E-state index in [1.54, 1.807) is 47.4 Å². The van der Waals surface area contributed by atoms with Crippen LogP contribution in [0.1, 0.15) is 42.7 Å². The Hall–Kier alpha value is -4.04. The van der Waals surface area contributed by atoms with E-state index in [0.717, 1.165) is 17.7 Å². The summed E-state index contributed by atoms with van der Waals surface area (Å²) in [5, 5.41) is 14.4. The van der Waals surface area contributed by atoms with Gasteiger partial charge in [-0.15, -0.1) is 0 Å². The van der Waals surface area contributed by atoms with Crippen LogP contribution < -0.4 is 11.1 Å². The summed E-state index contributed by atoms with van der Waals surface area (Å²) in [6, 6.07) is 15.7. The normalized spacial score (nSPS) is 13.4. The van der Waals surface area contributed by atoms with Crippen molar-refractivity contribution in [3.63, 3.8) is 0 Å². The molecule has 9 nitrogen and oxygen atoms in total. The Bertz CT molecular complexity index is 1770. The molecule has 0 aliphatic heterocycles. The Balaban J connectivity index is 1.63. The van der Waals surface area contributed by atoms with E-state index in [9.17, 15) is 28.1 Å². The second-order valence-corrected chi connectivity index (χ2v) is 12.5. The van der Waals surface area contributed by atoms with Crippen LogP contribution in [0.4, 0.5) is 24.5 Å². The lowest BCUT2D eigenvalue weighted by atomic mass is 9.83. The highest BCUT2D eigenvalue weighted by molar-refractivity contribution is 7.80. The van der Waals surface area contributed by atoms with Gasteiger partial charge in [-0.1, -0.05) is 73.8 Å². The number of hydrogen-bond acceptors (Lipinski definition) is 6. The SMILES string of the molecule is CC[C@H](C)[C@H](C(=O)Cc1cncn1Cc1ccc([N+](=O)[O-])cc1)C(N)N(Cc1cccc(Cl)c1Cl)C(=S)Nc1cccc(C(F)(F)F)c1. The minimum absolute atomic E-state index is 0.00362. The summed E-state index contributed by atoms with van der Waals surface area (Å²) in [6.45, 7) is 4.15. The zero-order valence-electron chi connectivity index (χ0n) is 26.0. The molecule has 1 unspecified atom stereocenters. The molecule has 48 heavy (non-hydrogen) atoms. The maximum absolute atomic E-state index is 14.1. The highest BCUT2D eigenvalue weighted by Crippen LogP contribution is 2.32. The number of nitrogens with two attached hydrogens (primary N) is 1. The van der Waals surface area contributed by atoms with E-state index >= 15 is 0 Å². The number of aromatic nitrogens is 2. The van der Waals surface area contributed by atoms with Crippen molar-refractivity contribution in [2.75, 3.05) is 5.32 Å². The highest BCUT2D eigenvalue weighted by atomic mass is 35.5. The molecule has 0 amide bonds. The molecule has 0 aliphatic carbocycles. The number of imidazole rings is 1. The number of carbonyl (C=O) groups excluding carboxylic acids is 1. The average molecular weight is 722 g/mol. The van der Waals surface area contributed by atoms with Crippen molar-refractivity contribution in [3.8, 4) is 0 Å². The largest absolute Gasteiger partial charge is 0.416 e. The van der Waals surface area contributed by atoms with E-state index < -0.39 is 28.7 Å². The number of anilines is 1. The van der Waals surface area contributed by atoms with Crippen LogP contribution in [0, 0.1) is 22.0 Å². The number of ketones is 1. The fourth-order valence-corrected chi connectivity index (χ4v) is 5.97. The van der Waals surface area contributed by atoms with Crippen LogP contribution in [0.2, 0.25) is 10.0 Å². The van der Waals surface area contributed by atoms with E-state index in [0.29, 0.717) is 24.2 Å². The molecule has 1 aromatic heterocycles. The number of halogens is 5. The first kappa shape index (κ1) is 36.8. The summed E-state index contributed by atoms with van der Waals surface area (Å²) in [5.74, 6) is -1.21. The van der Waals surface area contributed by atoms with Crippen molar-refractivity contribution in [1.82, 2.24) is 14.5 Å². The van der Waals surface area contributed by atoms with Crippen LogP contribution in [-0.2, 0) is 30.5 Å². The second kappa shape index (κ2) is 15.9. The average Bonchev–Trinajstić information content (AvgIpc) is 3.47. The van der Waals surface area contributed by atoms with Crippen LogP contribution in [0.15, 0.2) is 79.3 Å². The number of Topliss-reactive ketones (excluding diaryl/α,β-unsaturated/α-hetero) is 1. The summed E-state index contributed by atoms with van der Waals surface area (Å²) in [6.07, 6.45) is -1.89. The quantitative estimate of drug-likeness (QED) is 0.0615. The molecule has 0 radical (unpaired) electrons. The van der Waals surface area contributed by atoms with Crippen LogP contribution in [0.3, 0.4) is 0 Å². The summed E-state index contributed by atoms with van der Waals surface area (Å²) < 4.78 is 42.1. The van der Waals surface area contributed by atoms with Gasteiger partial charge in [0.1, 0.15) is 5.78 Å². The first-order valence-corrected chi connectivity index (χ1v) is 16.0. The molecule has 0 fully saturated rings. The predicted octanol–water partition coefficient (Wildman–Crippen LogP) is 8.12. The Morgan fingerprint density at radius 2 is 1.83 bits per heavy atom. The third-order valence-corrected chi connectivity index (χ3v) is 9.28. The maximum atomic E-state index is 14.1. The fraction of sp³-hybridized carbons (Fsp3) is 0.303. The first-order valence-electron chi connectivity index (χ1n) is 14.9. The Morgan fingerprint density at radius 1 is 1.15 bits per heavy atom. The summed E-state index contributed by atoms with van der Waals surface area (Å²) in [5.41, 5.74) is 8.03. The van der Waals surface area contributed by atoms with Gasteiger partial charge in [-0.25, -0.2) is 4.98 Å². The fourth-order valence-electron chi connectivity index (χ4n) is 5.28. The lowest BCUT2D eigenvalue weighted by Gasteiger charge is -2.38. The van der Waals surface area contributed by atoms with Gasteiger partial charge in [0.15, 0.2) is 5.11 Å². The van der Waals surface area contributed by atoms with E-state index in [1.807, 2.05) is 13.8 Å². The predicted molar refractivity (Wildman–Crippen MR) is 184 cm³/mol. The zero-order chi connectivity index (χ0) is 35.2.